The Morgan fingerprint density at radius 1 is 0.353 bits per heavy atom. The summed E-state index contributed by atoms with van der Waals surface area (Å²) in [5.41, 5.74) is 43.8. The molecule has 0 fully saturated rings. The minimum atomic E-state index is -1.76. The molecule has 16 amide bonds. The third-order valence-electron chi connectivity index (χ3n) is 22.5. The van der Waals surface area contributed by atoms with Crippen LogP contribution in [0.4, 0.5) is 0 Å². The lowest BCUT2D eigenvalue weighted by Crippen LogP contribution is -2.61. The number of nitrogens with two attached hydrogens (primary N) is 7. The quantitative estimate of drug-likeness (QED) is 0.0105. The van der Waals surface area contributed by atoms with Gasteiger partial charge in [-0.3, -0.25) is 102 Å². The van der Waals surface area contributed by atoms with Crippen molar-refractivity contribution in [3.05, 3.63) is 168 Å². The zero-order valence-electron chi connectivity index (χ0n) is 80.2. The van der Waals surface area contributed by atoms with Crippen LogP contribution in [0.1, 0.15) is 172 Å². The zero-order chi connectivity index (χ0) is 102. The molecular weight excluding hydrogens is 1790 g/mol. The summed E-state index contributed by atoms with van der Waals surface area (Å²) >= 11 is 0. The van der Waals surface area contributed by atoms with E-state index in [-0.39, 0.29) is 115 Å². The van der Waals surface area contributed by atoms with E-state index < -0.39 is 204 Å². The van der Waals surface area contributed by atoms with Gasteiger partial charge in [-0.2, -0.15) is 0 Å². The van der Waals surface area contributed by atoms with Gasteiger partial charge >= 0.3 is 0 Å². The maximum absolute atomic E-state index is 15.0. The van der Waals surface area contributed by atoms with Gasteiger partial charge in [0.1, 0.15) is 72.5 Å². The number of rotatable bonds is 66. The van der Waals surface area contributed by atoms with Crippen molar-refractivity contribution in [2.45, 2.75) is 255 Å². The molecule has 1 unspecified atom stereocenters. The molecule has 0 aliphatic carbocycles. The fourth-order valence-electron chi connectivity index (χ4n) is 14.7. The van der Waals surface area contributed by atoms with Gasteiger partial charge in [-0.15, -0.1) is 0 Å². The first-order valence-electron chi connectivity index (χ1n) is 47.1. The third-order valence-corrected chi connectivity index (χ3v) is 22.5. The van der Waals surface area contributed by atoms with Gasteiger partial charge in [0.2, 0.25) is 94.5 Å². The van der Waals surface area contributed by atoms with Gasteiger partial charge in [0.25, 0.3) is 0 Å². The van der Waals surface area contributed by atoms with Crippen LogP contribution in [0.25, 0.3) is 0 Å². The van der Waals surface area contributed by atoms with Crippen molar-refractivity contribution >= 4 is 106 Å². The third kappa shape index (κ3) is 45.6. The van der Waals surface area contributed by atoms with Crippen LogP contribution in [0.5, 0.6) is 0 Å². The molecule has 139 heavy (non-hydrogen) atoms. The van der Waals surface area contributed by atoms with Crippen LogP contribution in [-0.4, -0.2) is 246 Å². The molecule has 0 saturated carbocycles. The number of hydrogen-bond acceptors (Lipinski definition) is 24. The monoisotopic (exact) mass is 1930 g/mol. The number of carbonyl (C=O) groups is 16. The van der Waals surface area contributed by atoms with Crippen LogP contribution >= 0.6 is 0 Å². The lowest BCUT2D eigenvalue weighted by atomic mass is 9.96. The molecule has 0 saturated heterocycles. The Hall–Kier alpha value is -14.1. The highest BCUT2D eigenvalue weighted by molar-refractivity contribution is 6.01. The molecule has 32 N–H and O–H groups in total. The van der Waals surface area contributed by atoms with Crippen molar-refractivity contribution in [1.29, 1.82) is 10.8 Å². The number of nitrogens with zero attached hydrogens (tertiary/aromatic N) is 3. The van der Waals surface area contributed by atoms with Crippen LogP contribution < -0.4 is 125 Å². The van der Waals surface area contributed by atoms with Crippen LogP contribution in [0.15, 0.2) is 140 Å². The number of hydrogen-bond donors (Lipinski definition) is 25. The Kier molecular flexibility index (Phi) is 52.5. The van der Waals surface area contributed by atoms with E-state index in [0.29, 0.717) is 74.8 Å². The molecule has 44 heteroatoms. The van der Waals surface area contributed by atoms with E-state index in [1.54, 1.807) is 131 Å². The normalized spacial score (nSPS) is 14.1. The lowest BCUT2D eigenvalue weighted by molar-refractivity contribution is -0.136. The number of carbonyl (C=O) groups excluding carboxylic acids is 16. The van der Waals surface area contributed by atoms with E-state index in [2.05, 4.69) is 99.9 Å². The highest BCUT2D eigenvalue weighted by atomic mass is 16.2. The molecule has 14 atom stereocenters. The molecular formula is C95H144N28O16. The predicted octanol–water partition coefficient (Wildman–Crippen LogP) is -2.97. The Labute approximate surface area is 810 Å². The van der Waals surface area contributed by atoms with Gasteiger partial charge in [0.05, 0.1) is 36.9 Å². The maximum Gasteiger partial charge on any atom is 0.243 e. The zero-order valence-corrected chi connectivity index (χ0v) is 80.2. The van der Waals surface area contributed by atoms with Crippen molar-refractivity contribution in [3.8, 4) is 0 Å². The number of aromatic nitrogens is 2. The Bertz CT molecular complexity index is 4720. The second-order valence-corrected chi connectivity index (χ2v) is 34.7. The standard InChI is InChI=1S/C95H144N28O16/c1-7-59(4)80(93(139)116-71(41-28-47-108-95(103)104)87(133)119-73(84(130)109-54-78(100)125)50-62-29-11-8-12-30-62)122-88(134)69(39-18-23-43-97)113-82(128)61(6)111-79(126)55-110-81(127)60(5)112-85(131)68(38-17-22-42-96)114-89(135)72(49-58(2)3)118-86(132)70(40-27-46-107-94(101)102)115-90(136)75(52-64-33-15-10-16-34-64)120-92(138)76(53-77(99)124)121-91(137)74(51-63-31-13-9-14-32-63)117-83(129)67(98)37-21-26-48-123(56-65-35-19-24-44-105-65)57-66-36-20-25-45-106-66/h8-16,19-20,24-25,29-36,44-45,58-61,67-76,80H,7,17-18,21-23,26-28,37-43,46-57,96-98H2,1-6H3,(H2,99,124)(H2,100,125)(H,109,130)(H,110,127)(H,111,126)(H,112,131)(H,113,128)(H,114,135)(H,115,136)(H,116,139)(H,117,129)(H,118,132)(H,119,133)(H,120,138)(H,121,137)(H,122,134)(H4,101,102,107)(H4,103,104,108)/t59-,60-,61-,67?,68-,69-,70-,71-,72-,73-,74-,75-,76-,80-/m0/s1. The number of pyridine rings is 2. The lowest BCUT2D eigenvalue weighted by Gasteiger charge is -2.29. The minimum Gasteiger partial charge on any atom is -0.370 e. The number of benzene rings is 3. The van der Waals surface area contributed by atoms with Crippen LogP contribution in [0, 0.1) is 22.7 Å². The molecule has 0 aliphatic heterocycles. The van der Waals surface area contributed by atoms with Crippen LogP contribution in [0.3, 0.4) is 0 Å². The second kappa shape index (κ2) is 63.3. The molecule has 2 aromatic heterocycles. The fourth-order valence-corrected chi connectivity index (χ4v) is 14.7. The summed E-state index contributed by atoms with van der Waals surface area (Å²) in [6.07, 6.45) is 5.31. The topological polar surface area (TPSA) is 724 Å². The fraction of sp³-hybridized carbons (Fsp3) is 0.516. The maximum atomic E-state index is 15.0. The van der Waals surface area contributed by atoms with Crippen molar-refractivity contribution in [2.75, 3.05) is 45.8 Å². The van der Waals surface area contributed by atoms with Gasteiger partial charge in [-0.25, -0.2) is 0 Å². The van der Waals surface area contributed by atoms with E-state index in [1.807, 2.05) is 36.4 Å². The number of primary amides is 2. The largest absolute Gasteiger partial charge is 0.370 e. The van der Waals surface area contributed by atoms with Gasteiger partial charge in [-0.05, 0) is 170 Å². The number of nitrogens with one attached hydrogen (secondary N) is 18. The summed E-state index contributed by atoms with van der Waals surface area (Å²) in [5.74, 6) is -15.6. The molecule has 44 nitrogen and oxygen atoms in total. The van der Waals surface area contributed by atoms with E-state index in [1.165, 1.54) is 13.8 Å². The Morgan fingerprint density at radius 2 is 0.719 bits per heavy atom. The minimum absolute atomic E-state index is 0.00421. The van der Waals surface area contributed by atoms with Crippen molar-refractivity contribution < 1.29 is 76.7 Å². The SMILES string of the molecule is CC[C@H](C)[C@H](NC(=O)[C@H](CCCCN)NC(=O)[C@H](C)NC(=O)CNC(=O)[C@H](C)NC(=O)[C@H](CCCCN)NC(=O)[C@H](CC(C)C)NC(=O)[C@H](CCCNC(=N)N)NC(=O)[C@H](Cc1ccccc1)NC(=O)[C@H](CC(N)=O)NC(=O)[C@H](Cc1ccccc1)NC(=O)C(N)CCCCN(Cc1ccccn1)Cc1ccccn1)C(=O)N[C@@H](CCCNC(=N)N)C(=O)N[C@@H](Cc1ccccc1)C(=O)NCC(N)=O. The highest BCUT2D eigenvalue weighted by Gasteiger charge is 2.39. The van der Waals surface area contributed by atoms with E-state index >= 15 is 4.79 Å². The Balaban J connectivity index is 1.27. The van der Waals surface area contributed by atoms with Crippen molar-refractivity contribution in [3.63, 3.8) is 0 Å². The Morgan fingerprint density at radius 3 is 1.15 bits per heavy atom. The molecule has 2 heterocycles. The predicted molar refractivity (Wildman–Crippen MR) is 521 cm³/mol. The first-order valence-corrected chi connectivity index (χ1v) is 47.1. The first kappa shape index (κ1) is 115. The average molecular weight is 1930 g/mol. The second-order valence-electron chi connectivity index (χ2n) is 34.7. The summed E-state index contributed by atoms with van der Waals surface area (Å²) in [7, 11) is 0. The molecule has 0 radical (unpaired) electrons. The molecule has 0 bridgehead atoms. The molecule has 5 aromatic rings. The molecule has 0 aliphatic rings. The van der Waals surface area contributed by atoms with E-state index in [4.69, 9.17) is 51.0 Å². The van der Waals surface area contributed by atoms with Gasteiger partial charge in [-0.1, -0.05) is 144 Å². The van der Waals surface area contributed by atoms with Gasteiger partial charge in [0.15, 0.2) is 11.9 Å². The average Bonchev–Trinajstić information content (AvgIpc) is 0.848. The highest BCUT2D eigenvalue weighted by Crippen LogP contribution is 2.18. The number of unbranched alkanes of at least 4 members (excludes halogenated alkanes) is 3. The molecule has 760 valence electrons. The van der Waals surface area contributed by atoms with Crippen LogP contribution in [0.2, 0.25) is 0 Å². The molecule has 5 rings (SSSR count). The number of amides is 16. The first-order chi connectivity index (χ1) is 66.4. The summed E-state index contributed by atoms with van der Waals surface area (Å²) in [6, 6.07) is 19.0. The smallest absolute Gasteiger partial charge is 0.243 e. The summed E-state index contributed by atoms with van der Waals surface area (Å²) in [6.45, 7) is 10.5. The van der Waals surface area contributed by atoms with Crippen LogP contribution in [-0.2, 0) is 109 Å². The van der Waals surface area contributed by atoms with Crippen molar-refractivity contribution in [2.24, 2.45) is 52.0 Å². The molecule has 0 spiro atoms. The summed E-state index contributed by atoms with van der Waals surface area (Å²) < 4.78 is 0. The van der Waals surface area contributed by atoms with Gasteiger partial charge < -0.3 is 125 Å². The molecule has 3 aromatic carbocycles. The van der Waals surface area contributed by atoms with Crippen molar-refractivity contribution in [1.82, 2.24) is 99.9 Å². The van der Waals surface area contributed by atoms with E-state index in [0.717, 1.165) is 11.4 Å². The summed E-state index contributed by atoms with van der Waals surface area (Å²) in [4.78, 5) is 236. The number of guanidine groups is 2. The van der Waals surface area contributed by atoms with Gasteiger partial charge in [0, 0.05) is 57.8 Å². The summed E-state index contributed by atoms with van der Waals surface area (Å²) in [5, 5.41) is 57.4. The van der Waals surface area contributed by atoms with E-state index in [9.17, 15) is 71.9 Å².